The molecule has 0 radical (unpaired) electrons. The Kier molecular flexibility index (Phi) is 4.78. The topological polar surface area (TPSA) is 46.6 Å². The Balaban J connectivity index is 1.94. The smallest absolute Gasteiger partial charge is 0.215 e. The van der Waals surface area contributed by atoms with Gasteiger partial charge >= 0.3 is 0 Å². The molecule has 1 aromatic heterocycles. The molecule has 1 aromatic rings. The second kappa shape index (κ2) is 6.56. The maximum Gasteiger partial charge on any atom is 0.215 e. The average Bonchev–Trinajstić information content (AvgIpc) is 2.40. The summed E-state index contributed by atoms with van der Waals surface area (Å²) in [7, 11) is 2.02. The Bertz CT molecular complexity index is 367. The summed E-state index contributed by atoms with van der Waals surface area (Å²) < 4.78 is 11.1. The van der Waals surface area contributed by atoms with E-state index < -0.39 is 0 Å². The fraction of sp³-hybridized carbons (Fsp3) is 0.615. The third-order valence-corrected chi connectivity index (χ3v) is 2.87. The highest BCUT2D eigenvalue weighted by molar-refractivity contribution is 5.39. The van der Waals surface area contributed by atoms with Gasteiger partial charge in [0.05, 0.1) is 19.3 Å². The van der Waals surface area contributed by atoms with Crippen molar-refractivity contribution in [2.24, 2.45) is 0 Å². The van der Waals surface area contributed by atoms with E-state index in [0.29, 0.717) is 12.5 Å². The van der Waals surface area contributed by atoms with Crippen molar-refractivity contribution in [2.75, 3.05) is 44.8 Å². The van der Waals surface area contributed by atoms with E-state index in [9.17, 15) is 0 Å². The van der Waals surface area contributed by atoms with Crippen LogP contribution in [-0.2, 0) is 4.74 Å². The lowest BCUT2D eigenvalue weighted by molar-refractivity contribution is 0.0339. The SMILES string of the molecule is CCOc1cccc(N(C)CC2CNCCO2)n1. The minimum absolute atomic E-state index is 0.223. The molecule has 0 amide bonds. The number of likely N-dealkylation sites (N-methyl/N-ethyl adjacent to an activating group) is 1. The third-order valence-electron chi connectivity index (χ3n) is 2.87. The fourth-order valence-corrected chi connectivity index (χ4v) is 1.98. The van der Waals surface area contributed by atoms with Crippen molar-refractivity contribution in [3.8, 4) is 5.88 Å². The van der Waals surface area contributed by atoms with Crippen LogP contribution in [0.2, 0.25) is 0 Å². The fourth-order valence-electron chi connectivity index (χ4n) is 1.98. The Morgan fingerprint density at radius 2 is 2.44 bits per heavy atom. The zero-order valence-electron chi connectivity index (χ0n) is 11.1. The zero-order valence-corrected chi connectivity index (χ0v) is 11.1. The van der Waals surface area contributed by atoms with Crippen LogP contribution in [0.1, 0.15) is 6.92 Å². The Hall–Kier alpha value is -1.33. The molecule has 1 aliphatic heterocycles. The lowest BCUT2D eigenvalue weighted by atomic mass is 10.3. The molecule has 0 aliphatic carbocycles. The normalized spacial score (nSPS) is 19.6. The monoisotopic (exact) mass is 251 g/mol. The van der Waals surface area contributed by atoms with E-state index in [2.05, 4.69) is 15.2 Å². The molecule has 100 valence electrons. The minimum Gasteiger partial charge on any atom is -0.478 e. The number of pyridine rings is 1. The molecule has 1 N–H and O–H groups in total. The van der Waals surface area contributed by atoms with E-state index >= 15 is 0 Å². The van der Waals surface area contributed by atoms with Crippen LogP contribution in [0.5, 0.6) is 5.88 Å². The average molecular weight is 251 g/mol. The van der Waals surface area contributed by atoms with Crippen LogP contribution in [0.15, 0.2) is 18.2 Å². The number of ether oxygens (including phenoxy) is 2. The van der Waals surface area contributed by atoms with E-state index in [1.807, 2.05) is 32.2 Å². The first-order valence-corrected chi connectivity index (χ1v) is 6.43. The van der Waals surface area contributed by atoms with Gasteiger partial charge in [0.2, 0.25) is 5.88 Å². The van der Waals surface area contributed by atoms with Crippen LogP contribution in [-0.4, -0.2) is 51.0 Å². The van der Waals surface area contributed by atoms with E-state index in [1.165, 1.54) is 0 Å². The zero-order chi connectivity index (χ0) is 12.8. The van der Waals surface area contributed by atoms with Gasteiger partial charge in [-0.15, -0.1) is 0 Å². The Morgan fingerprint density at radius 3 is 3.17 bits per heavy atom. The molecule has 2 rings (SSSR count). The highest BCUT2D eigenvalue weighted by Crippen LogP contribution is 2.15. The lowest BCUT2D eigenvalue weighted by Gasteiger charge is -2.28. The van der Waals surface area contributed by atoms with Gasteiger partial charge in [-0.25, -0.2) is 0 Å². The molecule has 0 saturated carbocycles. The predicted octanol–water partition coefficient (Wildman–Crippen LogP) is 0.905. The largest absolute Gasteiger partial charge is 0.478 e. The van der Waals surface area contributed by atoms with E-state index in [-0.39, 0.29) is 6.10 Å². The quantitative estimate of drug-likeness (QED) is 0.842. The van der Waals surface area contributed by atoms with Crippen LogP contribution in [0.4, 0.5) is 5.82 Å². The van der Waals surface area contributed by atoms with E-state index in [0.717, 1.165) is 32.1 Å². The lowest BCUT2D eigenvalue weighted by Crippen LogP contribution is -2.44. The highest BCUT2D eigenvalue weighted by atomic mass is 16.5. The summed E-state index contributed by atoms with van der Waals surface area (Å²) in [6.45, 7) is 6.05. The first kappa shape index (κ1) is 13.1. The van der Waals surface area contributed by atoms with Crippen molar-refractivity contribution in [3.05, 3.63) is 18.2 Å². The molecular formula is C13H21N3O2. The van der Waals surface area contributed by atoms with Crippen molar-refractivity contribution in [1.29, 1.82) is 0 Å². The second-order valence-electron chi connectivity index (χ2n) is 4.34. The number of nitrogens with zero attached hydrogens (tertiary/aromatic N) is 2. The van der Waals surface area contributed by atoms with Crippen molar-refractivity contribution >= 4 is 5.82 Å². The summed E-state index contributed by atoms with van der Waals surface area (Å²) in [4.78, 5) is 6.55. The van der Waals surface area contributed by atoms with Crippen molar-refractivity contribution in [3.63, 3.8) is 0 Å². The molecule has 1 unspecified atom stereocenters. The van der Waals surface area contributed by atoms with Gasteiger partial charge in [-0.1, -0.05) is 6.07 Å². The van der Waals surface area contributed by atoms with Gasteiger partial charge in [-0.05, 0) is 13.0 Å². The van der Waals surface area contributed by atoms with Crippen molar-refractivity contribution < 1.29 is 9.47 Å². The number of anilines is 1. The molecule has 1 aliphatic rings. The number of nitrogens with one attached hydrogen (secondary N) is 1. The van der Waals surface area contributed by atoms with Crippen LogP contribution < -0.4 is 15.0 Å². The summed E-state index contributed by atoms with van der Waals surface area (Å²) in [5.74, 6) is 1.58. The maximum atomic E-state index is 5.68. The van der Waals surface area contributed by atoms with Gasteiger partial charge in [0, 0.05) is 32.7 Å². The number of rotatable bonds is 5. The molecule has 5 heteroatoms. The molecule has 1 atom stereocenters. The van der Waals surface area contributed by atoms with Gasteiger partial charge in [0.15, 0.2) is 0 Å². The summed E-state index contributed by atoms with van der Waals surface area (Å²) in [5, 5.41) is 3.33. The van der Waals surface area contributed by atoms with Gasteiger partial charge in [0.1, 0.15) is 5.82 Å². The number of morpholine rings is 1. The van der Waals surface area contributed by atoms with Crippen LogP contribution in [0, 0.1) is 0 Å². The molecule has 0 spiro atoms. The number of hydrogen-bond acceptors (Lipinski definition) is 5. The molecule has 0 bridgehead atoms. The van der Waals surface area contributed by atoms with E-state index in [4.69, 9.17) is 9.47 Å². The Morgan fingerprint density at radius 1 is 1.56 bits per heavy atom. The van der Waals surface area contributed by atoms with Crippen molar-refractivity contribution in [2.45, 2.75) is 13.0 Å². The first-order chi connectivity index (χ1) is 8.79. The second-order valence-corrected chi connectivity index (χ2v) is 4.34. The molecule has 5 nitrogen and oxygen atoms in total. The van der Waals surface area contributed by atoms with E-state index in [1.54, 1.807) is 0 Å². The molecule has 0 aromatic carbocycles. The molecule has 1 saturated heterocycles. The molecule has 18 heavy (non-hydrogen) atoms. The van der Waals surface area contributed by atoms with Crippen LogP contribution in [0.25, 0.3) is 0 Å². The highest BCUT2D eigenvalue weighted by Gasteiger charge is 2.16. The standard InChI is InChI=1S/C13H21N3O2/c1-3-17-13-6-4-5-12(15-13)16(2)10-11-9-14-7-8-18-11/h4-6,11,14H,3,7-10H2,1-2H3. The predicted molar refractivity (Wildman–Crippen MR) is 71.3 cm³/mol. The van der Waals surface area contributed by atoms with Crippen LogP contribution in [0.3, 0.4) is 0 Å². The summed E-state index contributed by atoms with van der Waals surface area (Å²) in [5.41, 5.74) is 0. The van der Waals surface area contributed by atoms with Gasteiger partial charge in [0.25, 0.3) is 0 Å². The first-order valence-electron chi connectivity index (χ1n) is 6.43. The molecule has 2 heterocycles. The van der Waals surface area contributed by atoms with Crippen LogP contribution >= 0.6 is 0 Å². The van der Waals surface area contributed by atoms with Gasteiger partial charge in [-0.2, -0.15) is 4.98 Å². The minimum atomic E-state index is 0.223. The van der Waals surface area contributed by atoms with Gasteiger partial charge < -0.3 is 19.7 Å². The number of hydrogen-bond donors (Lipinski definition) is 1. The molecular weight excluding hydrogens is 230 g/mol. The summed E-state index contributed by atoms with van der Waals surface area (Å²) in [6, 6.07) is 5.82. The van der Waals surface area contributed by atoms with Gasteiger partial charge in [-0.3, -0.25) is 0 Å². The number of aromatic nitrogens is 1. The summed E-state index contributed by atoms with van der Waals surface area (Å²) in [6.07, 6.45) is 0.223. The third kappa shape index (κ3) is 3.58. The maximum absolute atomic E-state index is 5.68. The van der Waals surface area contributed by atoms with Crippen molar-refractivity contribution in [1.82, 2.24) is 10.3 Å². The summed E-state index contributed by atoms with van der Waals surface area (Å²) >= 11 is 0. The molecule has 1 fully saturated rings. The Labute approximate surface area is 108 Å².